The summed E-state index contributed by atoms with van der Waals surface area (Å²) < 4.78 is 29.1. The molecule has 1 heterocycles. The number of benzene rings is 1. The van der Waals surface area contributed by atoms with E-state index in [0.29, 0.717) is 6.54 Å². The van der Waals surface area contributed by atoms with Crippen molar-refractivity contribution in [3.8, 4) is 0 Å². The van der Waals surface area contributed by atoms with Crippen molar-refractivity contribution in [2.45, 2.75) is 52.1 Å². The SMILES string of the molecule is CC(C)CN(C)C(=O)c1cn(C2CCCC2)cc(C(=O)NCc2cccc(F)c2F)c1=O. The lowest BCUT2D eigenvalue weighted by molar-refractivity contribution is 0.0776. The predicted molar refractivity (Wildman–Crippen MR) is 118 cm³/mol. The summed E-state index contributed by atoms with van der Waals surface area (Å²) in [7, 11) is 1.63. The van der Waals surface area contributed by atoms with Gasteiger partial charge in [0.15, 0.2) is 11.6 Å². The first kappa shape index (κ1) is 23.6. The van der Waals surface area contributed by atoms with Gasteiger partial charge in [-0.05, 0) is 24.8 Å². The number of carbonyl (C=O) groups is 2. The summed E-state index contributed by atoms with van der Waals surface area (Å²) in [5.74, 6) is -3.02. The van der Waals surface area contributed by atoms with Crippen molar-refractivity contribution < 1.29 is 18.4 Å². The quantitative estimate of drug-likeness (QED) is 0.703. The molecule has 2 amide bonds. The van der Waals surface area contributed by atoms with E-state index in [2.05, 4.69) is 5.32 Å². The number of rotatable bonds is 7. The Hall–Kier alpha value is -3.03. The molecule has 1 aliphatic carbocycles. The standard InChI is InChI=1S/C24H29F2N3O3/c1-15(2)12-28(3)24(32)19-14-29(17-8-4-5-9-17)13-18(22(19)30)23(31)27-11-16-7-6-10-20(25)21(16)26/h6-7,10,13-15,17H,4-5,8-9,11-12H2,1-3H3,(H,27,31). The Bertz CT molecular complexity index is 1060. The van der Waals surface area contributed by atoms with Gasteiger partial charge < -0.3 is 14.8 Å². The highest BCUT2D eigenvalue weighted by atomic mass is 19.2. The molecule has 1 fully saturated rings. The topological polar surface area (TPSA) is 71.4 Å². The maximum Gasteiger partial charge on any atom is 0.259 e. The van der Waals surface area contributed by atoms with Crippen molar-refractivity contribution >= 4 is 11.8 Å². The Balaban J connectivity index is 1.93. The first-order chi connectivity index (χ1) is 15.2. The van der Waals surface area contributed by atoms with Gasteiger partial charge in [0.2, 0.25) is 5.43 Å². The van der Waals surface area contributed by atoms with Crippen LogP contribution in [0.15, 0.2) is 35.4 Å². The van der Waals surface area contributed by atoms with Gasteiger partial charge >= 0.3 is 0 Å². The summed E-state index contributed by atoms with van der Waals surface area (Å²) in [6, 6.07) is 3.79. The Morgan fingerprint density at radius 2 is 1.81 bits per heavy atom. The number of amides is 2. The molecule has 0 bridgehead atoms. The molecule has 0 unspecified atom stereocenters. The zero-order chi connectivity index (χ0) is 23.4. The number of nitrogens with one attached hydrogen (secondary N) is 1. The van der Waals surface area contributed by atoms with Gasteiger partial charge in [0.1, 0.15) is 11.1 Å². The van der Waals surface area contributed by atoms with Gasteiger partial charge in [-0.25, -0.2) is 8.78 Å². The second-order valence-corrected chi connectivity index (χ2v) is 8.78. The van der Waals surface area contributed by atoms with Crippen molar-refractivity contribution in [2.24, 2.45) is 5.92 Å². The van der Waals surface area contributed by atoms with Gasteiger partial charge in [-0.3, -0.25) is 14.4 Å². The van der Waals surface area contributed by atoms with Gasteiger partial charge in [-0.1, -0.05) is 38.8 Å². The predicted octanol–water partition coefficient (Wildman–Crippen LogP) is 3.90. The fourth-order valence-corrected chi connectivity index (χ4v) is 4.12. The number of nitrogens with zero attached hydrogens (tertiary/aromatic N) is 2. The molecule has 8 heteroatoms. The lowest BCUT2D eigenvalue weighted by Crippen LogP contribution is -2.37. The fourth-order valence-electron chi connectivity index (χ4n) is 4.12. The van der Waals surface area contributed by atoms with Crippen molar-refractivity contribution in [1.29, 1.82) is 0 Å². The van der Waals surface area contributed by atoms with E-state index in [0.717, 1.165) is 31.7 Å². The van der Waals surface area contributed by atoms with Crippen LogP contribution < -0.4 is 10.7 Å². The van der Waals surface area contributed by atoms with E-state index in [9.17, 15) is 23.2 Å². The minimum absolute atomic E-state index is 0.0293. The second-order valence-electron chi connectivity index (χ2n) is 8.78. The van der Waals surface area contributed by atoms with Crippen LogP contribution in [-0.2, 0) is 6.54 Å². The first-order valence-electron chi connectivity index (χ1n) is 10.9. The van der Waals surface area contributed by atoms with Crippen LogP contribution in [0.5, 0.6) is 0 Å². The molecule has 0 spiro atoms. The molecule has 3 rings (SSSR count). The van der Waals surface area contributed by atoms with E-state index in [4.69, 9.17) is 0 Å². The molecule has 1 N–H and O–H groups in total. The van der Waals surface area contributed by atoms with Gasteiger partial charge in [-0.2, -0.15) is 0 Å². The molecule has 32 heavy (non-hydrogen) atoms. The smallest absolute Gasteiger partial charge is 0.259 e. The van der Waals surface area contributed by atoms with Gasteiger partial charge in [0.25, 0.3) is 11.8 Å². The zero-order valence-electron chi connectivity index (χ0n) is 18.7. The molecule has 0 radical (unpaired) electrons. The van der Waals surface area contributed by atoms with Crippen LogP contribution in [0.1, 0.15) is 71.9 Å². The van der Waals surface area contributed by atoms with Gasteiger partial charge in [0.05, 0.1) is 0 Å². The summed E-state index contributed by atoms with van der Waals surface area (Å²) in [5, 5.41) is 2.49. The summed E-state index contributed by atoms with van der Waals surface area (Å²) >= 11 is 0. The number of hydrogen-bond donors (Lipinski definition) is 1. The molecule has 1 aromatic heterocycles. The van der Waals surface area contributed by atoms with Crippen LogP contribution in [0.4, 0.5) is 8.78 Å². The van der Waals surface area contributed by atoms with E-state index in [-0.39, 0.29) is 35.2 Å². The van der Waals surface area contributed by atoms with Crippen molar-refractivity contribution in [1.82, 2.24) is 14.8 Å². The zero-order valence-corrected chi connectivity index (χ0v) is 18.7. The molecule has 0 saturated heterocycles. The Labute approximate surface area is 186 Å². The lowest BCUT2D eigenvalue weighted by Gasteiger charge is -2.22. The molecule has 1 aromatic carbocycles. The molecule has 172 valence electrons. The average Bonchev–Trinajstić information content (AvgIpc) is 3.28. The minimum atomic E-state index is -1.05. The lowest BCUT2D eigenvalue weighted by atomic mass is 10.1. The molecule has 0 aliphatic heterocycles. The van der Waals surface area contributed by atoms with Crippen LogP contribution in [0, 0.1) is 17.6 Å². The number of aromatic nitrogens is 1. The third-order valence-electron chi connectivity index (χ3n) is 5.72. The maximum absolute atomic E-state index is 13.9. The molecular formula is C24H29F2N3O3. The van der Waals surface area contributed by atoms with Crippen LogP contribution >= 0.6 is 0 Å². The second kappa shape index (κ2) is 10.1. The molecular weight excluding hydrogens is 416 g/mol. The van der Waals surface area contributed by atoms with Gasteiger partial charge in [-0.15, -0.1) is 0 Å². The molecule has 0 atom stereocenters. The summed E-state index contributed by atoms with van der Waals surface area (Å²) in [6.07, 6.45) is 6.87. The van der Waals surface area contributed by atoms with Crippen molar-refractivity contribution in [3.63, 3.8) is 0 Å². The minimum Gasteiger partial charge on any atom is -0.349 e. The van der Waals surface area contributed by atoms with E-state index in [1.54, 1.807) is 17.8 Å². The Morgan fingerprint density at radius 3 is 2.47 bits per heavy atom. The van der Waals surface area contributed by atoms with E-state index >= 15 is 0 Å². The van der Waals surface area contributed by atoms with Crippen LogP contribution in [0.2, 0.25) is 0 Å². The normalized spacial score (nSPS) is 14.1. The fraction of sp³-hybridized carbons (Fsp3) is 0.458. The number of halogens is 2. The van der Waals surface area contributed by atoms with E-state index in [1.165, 1.54) is 23.2 Å². The summed E-state index contributed by atoms with van der Waals surface area (Å²) in [4.78, 5) is 40.4. The highest BCUT2D eigenvalue weighted by Gasteiger charge is 2.25. The van der Waals surface area contributed by atoms with Gasteiger partial charge in [0, 0.05) is 44.1 Å². The highest BCUT2D eigenvalue weighted by Crippen LogP contribution is 2.29. The van der Waals surface area contributed by atoms with Crippen LogP contribution in [0.25, 0.3) is 0 Å². The average molecular weight is 446 g/mol. The number of hydrogen-bond acceptors (Lipinski definition) is 3. The highest BCUT2D eigenvalue weighted by molar-refractivity contribution is 5.99. The Morgan fingerprint density at radius 1 is 1.16 bits per heavy atom. The third-order valence-corrected chi connectivity index (χ3v) is 5.72. The van der Waals surface area contributed by atoms with Crippen LogP contribution in [-0.4, -0.2) is 34.9 Å². The first-order valence-corrected chi connectivity index (χ1v) is 10.9. The van der Waals surface area contributed by atoms with E-state index in [1.807, 2.05) is 13.8 Å². The maximum atomic E-state index is 13.9. The molecule has 6 nitrogen and oxygen atoms in total. The largest absolute Gasteiger partial charge is 0.349 e. The summed E-state index contributed by atoms with van der Waals surface area (Å²) in [6.45, 7) is 4.12. The van der Waals surface area contributed by atoms with Crippen molar-refractivity contribution in [3.05, 3.63) is 69.1 Å². The monoisotopic (exact) mass is 445 g/mol. The molecule has 2 aromatic rings. The van der Waals surface area contributed by atoms with Crippen LogP contribution in [0.3, 0.4) is 0 Å². The molecule has 1 saturated carbocycles. The molecule has 1 aliphatic rings. The number of carbonyl (C=O) groups excluding carboxylic acids is 2. The van der Waals surface area contributed by atoms with E-state index < -0.39 is 28.9 Å². The van der Waals surface area contributed by atoms with Crippen molar-refractivity contribution in [2.75, 3.05) is 13.6 Å². The number of pyridine rings is 1. The Kier molecular flexibility index (Phi) is 7.43. The third kappa shape index (κ3) is 5.23. The summed E-state index contributed by atoms with van der Waals surface area (Å²) in [5.41, 5.74) is -0.947.